The third-order valence-corrected chi connectivity index (χ3v) is 3.86. The maximum absolute atomic E-state index is 12.3. The number of rotatable bonds is 8. The summed E-state index contributed by atoms with van der Waals surface area (Å²) in [6.45, 7) is 0.159. The van der Waals surface area contributed by atoms with Gasteiger partial charge in [0.25, 0.3) is 0 Å². The molecule has 0 radical (unpaired) electrons. The molecule has 6 nitrogen and oxygen atoms in total. The largest absolute Gasteiger partial charge is 0.445 e. The Labute approximate surface area is 152 Å². The molecule has 1 N–H and O–H groups in total. The number of likely N-dealkylation sites (N-methyl/N-ethyl adjacent to an activating group) is 1. The molecule has 0 aromatic heterocycles. The van der Waals surface area contributed by atoms with Crippen molar-refractivity contribution in [3.8, 4) is 0 Å². The molecule has 26 heavy (non-hydrogen) atoms. The molecule has 2 amide bonds. The molecule has 1 unspecified atom stereocenters. The molecule has 2 rings (SSSR count). The number of carbonyl (C=O) groups excluding carboxylic acids is 3. The van der Waals surface area contributed by atoms with Crippen LogP contribution in [0.25, 0.3) is 0 Å². The molecule has 0 aliphatic carbocycles. The topological polar surface area (TPSA) is 75.7 Å². The molecule has 0 fully saturated rings. The molecule has 2 aromatic carbocycles. The van der Waals surface area contributed by atoms with E-state index in [2.05, 4.69) is 5.32 Å². The minimum atomic E-state index is -0.603. The summed E-state index contributed by atoms with van der Waals surface area (Å²) >= 11 is 0. The van der Waals surface area contributed by atoms with E-state index < -0.39 is 12.1 Å². The summed E-state index contributed by atoms with van der Waals surface area (Å²) in [7, 11) is 1.55. The standard InChI is InChI=1S/C20H22N2O4/c1-22(12-13-23)19(24)14-18(17-10-6-3-7-11-17)21-20(25)26-15-16-8-4-2-5-9-16/h2-11,13,18H,12,14-15H2,1H3,(H,21,25). The maximum atomic E-state index is 12.3. The van der Waals surface area contributed by atoms with Crippen LogP contribution in [0.5, 0.6) is 0 Å². The van der Waals surface area contributed by atoms with E-state index >= 15 is 0 Å². The molecular formula is C20H22N2O4. The predicted molar refractivity (Wildman–Crippen MR) is 97.3 cm³/mol. The number of aldehydes is 1. The quantitative estimate of drug-likeness (QED) is 0.740. The molecule has 2 aromatic rings. The lowest BCUT2D eigenvalue weighted by Gasteiger charge is -2.21. The molecule has 0 bridgehead atoms. The zero-order chi connectivity index (χ0) is 18.8. The van der Waals surface area contributed by atoms with Gasteiger partial charge in [-0.1, -0.05) is 60.7 Å². The van der Waals surface area contributed by atoms with Crippen LogP contribution < -0.4 is 5.32 Å². The molecule has 6 heteroatoms. The molecular weight excluding hydrogens is 332 g/mol. The van der Waals surface area contributed by atoms with Gasteiger partial charge in [0, 0.05) is 7.05 Å². The second kappa shape index (κ2) is 9.98. The number of benzene rings is 2. The molecule has 0 spiro atoms. The highest BCUT2D eigenvalue weighted by Crippen LogP contribution is 2.18. The number of ether oxygens (including phenoxy) is 1. The fourth-order valence-corrected chi connectivity index (χ4v) is 2.39. The Kier molecular flexibility index (Phi) is 7.36. The SMILES string of the molecule is CN(CC=O)C(=O)CC(NC(=O)OCc1ccccc1)c1ccccc1. The van der Waals surface area contributed by atoms with Crippen LogP contribution in [0.2, 0.25) is 0 Å². The van der Waals surface area contributed by atoms with Crippen LogP contribution in [0.1, 0.15) is 23.6 Å². The van der Waals surface area contributed by atoms with Crippen LogP contribution in [0.15, 0.2) is 60.7 Å². The van der Waals surface area contributed by atoms with Gasteiger partial charge >= 0.3 is 6.09 Å². The average molecular weight is 354 g/mol. The number of hydrogen-bond donors (Lipinski definition) is 1. The van der Waals surface area contributed by atoms with E-state index in [1.165, 1.54) is 4.90 Å². The third-order valence-electron chi connectivity index (χ3n) is 3.86. The highest BCUT2D eigenvalue weighted by molar-refractivity contribution is 5.79. The Hall–Kier alpha value is -3.15. The summed E-state index contributed by atoms with van der Waals surface area (Å²) in [4.78, 5) is 36.3. The van der Waals surface area contributed by atoms with Crippen molar-refractivity contribution in [3.63, 3.8) is 0 Å². The lowest BCUT2D eigenvalue weighted by Crippen LogP contribution is -2.35. The maximum Gasteiger partial charge on any atom is 0.407 e. The first-order chi connectivity index (χ1) is 12.6. The zero-order valence-corrected chi connectivity index (χ0v) is 14.6. The van der Waals surface area contributed by atoms with Gasteiger partial charge in [0.1, 0.15) is 12.9 Å². The Morgan fingerprint density at radius 3 is 2.31 bits per heavy atom. The van der Waals surface area contributed by atoms with Gasteiger partial charge < -0.3 is 19.7 Å². The smallest absolute Gasteiger partial charge is 0.407 e. The normalized spacial score (nSPS) is 11.3. The number of alkyl carbamates (subject to hydrolysis) is 1. The van der Waals surface area contributed by atoms with E-state index in [4.69, 9.17) is 4.74 Å². The summed E-state index contributed by atoms with van der Waals surface area (Å²) < 4.78 is 5.24. The van der Waals surface area contributed by atoms with Crippen LogP contribution in [0, 0.1) is 0 Å². The summed E-state index contributed by atoms with van der Waals surface area (Å²) in [5.41, 5.74) is 1.66. The van der Waals surface area contributed by atoms with E-state index in [1.54, 1.807) is 7.05 Å². The van der Waals surface area contributed by atoms with Gasteiger partial charge in [-0.3, -0.25) is 4.79 Å². The molecule has 0 aliphatic heterocycles. The Morgan fingerprint density at radius 2 is 1.69 bits per heavy atom. The Balaban J connectivity index is 2.00. The van der Waals surface area contributed by atoms with Gasteiger partial charge in [0.15, 0.2) is 0 Å². The highest BCUT2D eigenvalue weighted by atomic mass is 16.5. The monoisotopic (exact) mass is 354 g/mol. The van der Waals surface area contributed by atoms with Gasteiger partial charge in [-0.05, 0) is 11.1 Å². The lowest BCUT2D eigenvalue weighted by molar-refractivity contribution is -0.132. The van der Waals surface area contributed by atoms with Crippen LogP contribution in [-0.2, 0) is 20.9 Å². The number of nitrogens with one attached hydrogen (secondary N) is 1. The molecule has 136 valence electrons. The summed E-state index contributed by atoms with van der Waals surface area (Å²) in [6, 6.07) is 18.0. The number of hydrogen-bond acceptors (Lipinski definition) is 4. The van der Waals surface area contributed by atoms with Gasteiger partial charge in [0.2, 0.25) is 5.91 Å². The summed E-state index contributed by atoms with van der Waals surface area (Å²) in [5, 5.41) is 2.73. The van der Waals surface area contributed by atoms with Crippen LogP contribution >= 0.6 is 0 Å². The number of carbonyl (C=O) groups is 3. The molecule has 0 saturated heterocycles. The summed E-state index contributed by atoms with van der Waals surface area (Å²) in [5.74, 6) is -0.241. The van der Waals surface area contributed by atoms with Crippen molar-refractivity contribution in [1.29, 1.82) is 0 Å². The third kappa shape index (κ3) is 6.05. The van der Waals surface area contributed by atoms with E-state index in [9.17, 15) is 14.4 Å². The zero-order valence-electron chi connectivity index (χ0n) is 14.6. The number of nitrogens with zero attached hydrogens (tertiary/aromatic N) is 1. The predicted octanol–water partition coefficient (Wildman–Crippen LogP) is 2.70. The average Bonchev–Trinajstić information content (AvgIpc) is 2.67. The fraction of sp³-hybridized carbons (Fsp3) is 0.250. The van der Waals surface area contributed by atoms with Gasteiger partial charge in [-0.2, -0.15) is 0 Å². The second-order valence-corrected chi connectivity index (χ2v) is 5.81. The van der Waals surface area contributed by atoms with Crippen molar-refractivity contribution in [2.24, 2.45) is 0 Å². The minimum absolute atomic E-state index is 0.0127. The van der Waals surface area contributed by atoms with Crippen LogP contribution in [0.3, 0.4) is 0 Å². The minimum Gasteiger partial charge on any atom is -0.445 e. The molecule has 1 atom stereocenters. The van der Waals surface area contributed by atoms with Crippen molar-refractivity contribution < 1.29 is 19.1 Å². The Bertz CT molecular complexity index is 719. The van der Waals surface area contributed by atoms with Crippen molar-refractivity contribution >= 4 is 18.3 Å². The van der Waals surface area contributed by atoms with Crippen molar-refractivity contribution in [1.82, 2.24) is 10.2 Å². The number of amides is 2. The van der Waals surface area contributed by atoms with Crippen LogP contribution in [-0.4, -0.2) is 36.8 Å². The van der Waals surface area contributed by atoms with Crippen LogP contribution in [0.4, 0.5) is 4.79 Å². The molecule has 0 saturated carbocycles. The first-order valence-corrected chi connectivity index (χ1v) is 8.30. The highest BCUT2D eigenvalue weighted by Gasteiger charge is 2.21. The van der Waals surface area contributed by atoms with Gasteiger partial charge in [-0.25, -0.2) is 4.79 Å². The second-order valence-electron chi connectivity index (χ2n) is 5.81. The van der Waals surface area contributed by atoms with E-state index in [-0.39, 0.29) is 25.5 Å². The molecule has 0 aliphatic rings. The fourth-order valence-electron chi connectivity index (χ4n) is 2.39. The van der Waals surface area contributed by atoms with E-state index in [1.807, 2.05) is 60.7 Å². The first-order valence-electron chi connectivity index (χ1n) is 8.30. The van der Waals surface area contributed by atoms with Crippen molar-refractivity contribution in [3.05, 3.63) is 71.8 Å². The Morgan fingerprint density at radius 1 is 1.08 bits per heavy atom. The lowest BCUT2D eigenvalue weighted by atomic mass is 10.0. The van der Waals surface area contributed by atoms with Crippen molar-refractivity contribution in [2.75, 3.05) is 13.6 Å². The first kappa shape index (κ1) is 19.2. The summed E-state index contributed by atoms with van der Waals surface area (Å²) in [6.07, 6.45) is 0.0970. The van der Waals surface area contributed by atoms with Gasteiger partial charge in [-0.15, -0.1) is 0 Å². The van der Waals surface area contributed by atoms with Gasteiger partial charge in [0.05, 0.1) is 19.0 Å². The van der Waals surface area contributed by atoms with E-state index in [0.717, 1.165) is 11.1 Å². The van der Waals surface area contributed by atoms with Crippen molar-refractivity contribution in [2.45, 2.75) is 19.1 Å². The van der Waals surface area contributed by atoms with E-state index in [0.29, 0.717) is 6.29 Å². The molecule has 0 heterocycles.